The summed E-state index contributed by atoms with van der Waals surface area (Å²) in [6.45, 7) is 4.92. The molecule has 15 heavy (non-hydrogen) atoms. The monoisotopic (exact) mass is 216 g/mol. The molecule has 1 rings (SSSR count). The molecule has 0 spiro atoms. The average Bonchev–Trinajstić information content (AvgIpc) is 2.18. The molecule has 0 radical (unpaired) electrons. The topological polar surface area (TPSA) is 58.7 Å². The molecule has 0 aromatic carbocycles. The molecule has 1 aliphatic rings. The fourth-order valence-electron chi connectivity index (χ4n) is 1.99. The minimum Gasteiger partial charge on any atom is -0.388 e. The average molecular weight is 216 g/mol. The fourth-order valence-corrected chi connectivity index (χ4v) is 1.99. The molecule has 0 saturated carbocycles. The summed E-state index contributed by atoms with van der Waals surface area (Å²) in [6, 6.07) is 0.432. The van der Waals surface area contributed by atoms with Gasteiger partial charge in [-0.15, -0.1) is 0 Å². The van der Waals surface area contributed by atoms with Gasteiger partial charge in [0, 0.05) is 38.6 Å². The summed E-state index contributed by atoms with van der Waals surface area (Å²) in [7, 11) is 2.05. The Kier molecular flexibility index (Phi) is 4.99. The molecule has 1 unspecified atom stereocenters. The summed E-state index contributed by atoms with van der Waals surface area (Å²) in [6.07, 6.45) is 2.46. The van der Waals surface area contributed by atoms with Crippen molar-refractivity contribution >= 4 is 0 Å². The maximum atomic E-state index is 10.3. The molecule has 1 aliphatic heterocycles. The minimum absolute atomic E-state index is 0.432. The van der Waals surface area contributed by atoms with Crippen molar-refractivity contribution in [2.75, 3.05) is 33.4 Å². The van der Waals surface area contributed by atoms with Crippen molar-refractivity contribution in [2.45, 2.75) is 37.8 Å². The molecule has 1 atom stereocenters. The predicted octanol–water partition coefficient (Wildman–Crippen LogP) is 0.197. The van der Waals surface area contributed by atoms with Gasteiger partial charge in [-0.05, 0) is 26.9 Å². The molecule has 0 bridgehead atoms. The number of rotatable bonds is 5. The molecule has 1 heterocycles. The standard InChI is InChI=1S/C11H24N2O2/c1-10(3-6-12)13(2)9-11(14)4-7-15-8-5-11/h10,14H,3-9,12H2,1-2H3. The van der Waals surface area contributed by atoms with Crippen LogP contribution in [0.4, 0.5) is 0 Å². The zero-order valence-corrected chi connectivity index (χ0v) is 9.91. The van der Waals surface area contributed by atoms with Crippen molar-refractivity contribution in [3.8, 4) is 0 Å². The number of likely N-dealkylation sites (N-methyl/N-ethyl adjacent to an activating group) is 1. The summed E-state index contributed by atoms with van der Waals surface area (Å²) >= 11 is 0. The van der Waals surface area contributed by atoms with Crippen molar-refractivity contribution in [3.63, 3.8) is 0 Å². The van der Waals surface area contributed by atoms with Crippen molar-refractivity contribution in [1.82, 2.24) is 4.90 Å². The number of ether oxygens (including phenoxy) is 1. The molecular weight excluding hydrogens is 192 g/mol. The van der Waals surface area contributed by atoms with Crippen LogP contribution in [-0.4, -0.2) is 55.0 Å². The van der Waals surface area contributed by atoms with Crippen LogP contribution in [0.25, 0.3) is 0 Å². The van der Waals surface area contributed by atoms with Crippen LogP contribution in [0.2, 0.25) is 0 Å². The van der Waals surface area contributed by atoms with Gasteiger partial charge in [-0.25, -0.2) is 0 Å². The molecular formula is C11H24N2O2. The van der Waals surface area contributed by atoms with Crippen LogP contribution >= 0.6 is 0 Å². The van der Waals surface area contributed by atoms with Crippen LogP contribution in [0.15, 0.2) is 0 Å². The van der Waals surface area contributed by atoms with E-state index in [1.54, 1.807) is 0 Å². The van der Waals surface area contributed by atoms with Gasteiger partial charge in [-0.3, -0.25) is 0 Å². The summed E-state index contributed by atoms with van der Waals surface area (Å²) in [5, 5.41) is 10.3. The third-order valence-electron chi connectivity index (χ3n) is 3.30. The summed E-state index contributed by atoms with van der Waals surface area (Å²) in [5.41, 5.74) is 4.96. The maximum Gasteiger partial charge on any atom is 0.0817 e. The lowest BCUT2D eigenvalue weighted by Crippen LogP contribution is -2.48. The first kappa shape index (κ1) is 12.9. The second kappa shape index (κ2) is 5.80. The van der Waals surface area contributed by atoms with Gasteiger partial charge in [0.15, 0.2) is 0 Å². The number of nitrogens with zero attached hydrogens (tertiary/aromatic N) is 1. The molecule has 1 saturated heterocycles. The van der Waals surface area contributed by atoms with Gasteiger partial charge in [-0.1, -0.05) is 0 Å². The fraction of sp³-hybridized carbons (Fsp3) is 1.00. The van der Waals surface area contributed by atoms with Crippen LogP contribution in [0.5, 0.6) is 0 Å². The first-order chi connectivity index (χ1) is 7.07. The van der Waals surface area contributed by atoms with Crippen molar-refractivity contribution in [1.29, 1.82) is 0 Å². The largest absolute Gasteiger partial charge is 0.388 e. The molecule has 0 aromatic heterocycles. The highest BCUT2D eigenvalue weighted by molar-refractivity contribution is 4.85. The SMILES string of the molecule is CC(CCN)N(C)CC1(O)CCOCC1. The lowest BCUT2D eigenvalue weighted by Gasteiger charge is -2.37. The molecule has 90 valence electrons. The Balaban J connectivity index is 2.37. The highest BCUT2D eigenvalue weighted by atomic mass is 16.5. The molecule has 4 heteroatoms. The highest BCUT2D eigenvalue weighted by Gasteiger charge is 2.31. The Bertz CT molecular complexity index is 181. The van der Waals surface area contributed by atoms with Crippen LogP contribution < -0.4 is 5.73 Å². The Labute approximate surface area is 92.4 Å². The van der Waals surface area contributed by atoms with Crippen molar-refractivity contribution in [3.05, 3.63) is 0 Å². The van der Waals surface area contributed by atoms with Crippen LogP contribution in [0.1, 0.15) is 26.2 Å². The predicted molar refractivity (Wildman–Crippen MR) is 60.8 cm³/mol. The van der Waals surface area contributed by atoms with Gasteiger partial charge in [0.25, 0.3) is 0 Å². The Morgan fingerprint density at radius 1 is 1.47 bits per heavy atom. The van der Waals surface area contributed by atoms with E-state index >= 15 is 0 Å². The number of hydrogen-bond acceptors (Lipinski definition) is 4. The molecule has 0 amide bonds. The van der Waals surface area contributed by atoms with E-state index in [9.17, 15) is 5.11 Å². The van der Waals surface area contributed by atoms with Gasteiger partial charge < -0.3 is 20.5 Å². The quantitative estimate of drug-likeness (QED) is 0.689. The molecule has 3 N–H and O–H groups in total. The second-order valence-electron chi connectivity index (χ2n) is 4.68. The third-order valence-corrected chi connectivity index (χ3v) is 3.30. The minimum atomic E-state index is -0.560. The number of aliphatic hydroxyl groups is 1. The summed E-state index contributed by atoms with van der Waals surface area (Å²) < 4.78 is 5.26. The molecule has 1 fully saturated rings. The van der Waals surface area contributed by atoms with Crippen LogP contribution in [0, 0.1) is 0 Å². The van der Waals surface area contributed by atoms with E-state index in [2.05, 4.69) is 11.8 Å². The van der Waals surface area contributed by atoms with Gasteiger partial charge in [0.05, 0.1) is 5.60 Å². The van der Waals surface area contributed by atoms with Gasteiger partial charge in [-0.2, -0.15) is 0 Å². The van der Waals surface area contributed by atoms with E-state index < -0.39 is 5.60 Å². The zero-order valence-electron chi connectivity index (χ0n) is 9.91. The van der Waals surface area contributed by atoms with Gasteiger partial charge in [0.2, 0.25) is 0 Å². The maximum absolute atomic E-state index is 10.3. The summed E-state index contributed by atoms with van der Waals surface area (Å²) in [4.78, 5) is 2.19. The Morgan fingerprint density at radius 2 is 2.07 bits per heavy atom. The van der Waals surface area contributed by atoms with Crippen molar-refractivity contribution in [2.24, 2.45) is 5.73 Å². The second-order valence-corrected chi connectivity index (χ2v) is 4.68. The number of hydrogen-bond donors (Lipinski definition) is 2. The van der Waals surface area contributed by atoms with E-state index in [0.717, 1.165) is 25.8 Å². The summed E-state index contributed by atoms with van der Waals surface area (Å²) in [5.74, 6) is 0. The Hall–Kier alpha value is -0.160. The normalized spacial score (nSPS) is 23.0. The molecule has 0 aliphatic carbocycles. The third kappa shape index (κ3) is 4.07. The van der Waals surface area contributed by atoms with E-state index in [-0.39, 0.29) is 0 Å². The lowest BCUT2D eigenvalue weighted by atomic mass is 9.93. The molecule has 4 nitrogen and oxygen atoms in total. The molecule has 0 aromatic rings. The first-order valence-electron chi connectivity index (χ1n) is 5.78. The highest BCUT2D eigenvalue weighted by Crippen LogP contribution is 2.22. The smallest absolute Gasteiger partial charge is 0.0817 e. The van der Waals surface area contributed by atoms with E-state index in [1.807, 2.05) is 7.05 Å². The van der Waals surface area contributed by atoms with Crippen LogP contribution in [0.3, 0.4) is 0 Å². The van der Waals surface area contributed by atoms with Crippen LogP contribution in [-0.2, 0) is 4.74 Å². The van der Waals surface area contributed by atoms with Gasteiger partial charge in [0.1, 0.15) is 0 Å². The van der Waals surface area contributed by atoms with E-state index in [4.69, 9.17) is 10.5 Å². The lowest BCUT2D eigenvalue weighted by molar-refractivity contribution is -0.0808. The first-order valence-corrected chi connectivity index (χ1v) is 5.78. The Morgan fingerprint density at radius 3 is 2.60 bits per heavy atom. The van der Waals surface area contributed by atoms with Crippen molar-refractivity contribution < 1.29 is 9.84 Å². The van der Waals surface area contributed by atoms with Gasteiger partial charge >= 0.3 is 0 Å². The zero-order chi connectivity index (χ0) is 11.3. The number of nitrogens with two attached hydrogens (primary N) is 1. The van der Waals surface area contributed by atoms with E-state index in [0.29, 0.717) is 25.8 Å². The van der Waals surface area contributed by atoms with E-state index in [1.165, 1.54) is 0 Å².